The van der Waals surface area contributed by atoms with Crippen LogP contribution in [0.3, 0.4) is 0 Å². The van der Waals surface area contributed by atoms with E-state index in [-0.39, 0.29) is 0 Å². The van der Waals surface area contributed by atoms with Crippen molar-refractivity contribution in [2.45, 2.75) is 38.6 Å². The summed E-state index contributed by atoms with van der Waals surface area (Å²) in [5.41, 5.74) is 1.13. The van der Waals surface area contributed by atoms with Crippen molar-refractivity contribution in [3.8, 4) is 0 Å². The zero-order chi connectivity index (χ0) is 14.6. The highest BCUT2D eigenvalue weighted by Crippen LogP contribution is 2.62. The van der Waals surface area contributed by atoms with Crippen LogP contribution in [0.5, 0.6) is 0 Å². The molecule has 21 heavy (non-hydrogen) atoms. The number of hydrogen-bond acceptors (Lipinski definition) is 1. The van der Waals surface area contributed by atoms with Crippen molar-refractivity contribution in [3.63, 3.8) is 0 Å². The van der Waals surface area contributed by atoms with E-state index in [1.165, 1.54) is 25.7 Å². The molecule has 1 aromatic carbocycles. The molecule has 2 aromatic rings. The Balaban J connectivity index is 1.83. The molecule has 2 nitrogen and oxygen atoms in total. The number of nitrogens with zero attached hydrogens (tertiary/aromatic N) is 2. The van der Waals surface area contributed by atoms with Gasteiger partial charge < -0.3 is 4.57 Å². The van der Waals surface area contributed by atoms with Crippen LogP contribution >= 0.6 is 11.6 Å². The summed E-state index contributed by atoms with van der Waals surface area (Å²) < 4.78 is 29.7. The molecule has 2 aliphatic rings. The van der Waals surface area contributed by atoms with Crippen LogP contribution < -0.4 is 0 Å². The fourth-order valence-electron chi connectivity index (χ4n) is 3.52. The zero-order valence-electron chi connectivity index (χ0n) is 11.7. The highest BCUT2D eigenvalue weighted by Gasteiger charge is 2.54. The molecule has 2 aliphatic carbocycles. The van der Waals surface area contributed by atoms with Gasteiger partial charge >= 0.3 is 0 Å². The number of hydrogen-bond donors (Lipinski definition) is 0. The summed E-state index contributed by atoms with van der Waals surface area (Å²) in [5, 5.41) is 0. The van der Waals surface area contributed by atoms with Crippen LogP contribution in [-0.2, 0) is 13.0 Å². The molecule has 5 heteroatoms. The van der Waals surface area contributed by atoms with Crippen LogP contribution in [0.2, 0.25) is 0 Å². The number of fused-ring (bicyclic) bond motifs is 1. The van der Waals surface area contributed by atoms with Gasteiger partial charge in [-0.15, -0.1) is 11.6 Å². The molecule has 0 atom stereocenters. The quantitative estimate of drug-likeness (QED) is 0.753. The van der Waals surface area contributed by atoms with Gasteiger partial charge in [-0.3, -0.25) is 0 Å². The molecular formula is C16H17ClF2N2. The Morgan fingerprint density at radius 3 is 2.67 bits per heavy atom. The van der Waals surface area contributed by atoms with Gasteiger partial charge in [0, 0.05) is 18.8 Å². The predicted octanol–water partition coefficient (Wildman–Crippen LogP) is 4.29. The minimum atomic E-state index is -0.808. The van der Waals surface area contributed by atoms with Crippen LogP contribution in [0.25, 0.3) is 11.0 Å². The number of aryl methyl sites for hydroxylation is 1. The lowest BCUT2D eigenvalue weighted by molar-refractivity contribution is 0.367. The lowest BCUT2D eigenvalue weighted by Gasteiger charge is -2.18. The smallest absolute Gasteiger partial charge is 0.184 e. The van der Waals surface area contributed by atoms with Crippen molar-refractivity contribution in [2.75, 3.05) is 5.88 Å². The van der Waals surface area contributed by atoms with Crippen molar-refractivity contribution in [1.82, 2.24) is 9.55 Å². The second kappa shape index (κ2) is 4.67. The van der Waals surface area contributed by atoms with Gasteiger partial charge in [0.05, 0.1) is 5.52 Å². The molecule has 0 saturated heterocycles. The Kier molecular flexibility index (Phi) is 3.00. The first-order valence-electron chi connectivity index (χ1n) is 7.54. The molecule has 112 valence electrons. The normalized spacial score (nSPS) is 20.1. The van der Waals surface area contributed by atoms with Crippen LogP contribution in [-0.4, -0.2) is 15.4 Å². The van der Waals surface area contributed by atoms with Gasteiger partial charge in [0.1, 0.15) is 11.3 Å². The van der Waals surface area contributed by atoms with E-state index in [0.29, 0.717) is 28.7 Å². The Labute approximate surface area is 127 Å². The van der Waals surface area contributed by atoms with Crippen molar-refractivity contribution in [3.05, 3.63) is 29.6 Å². The summed E-state index contributed by atoms with van der Waals surface area (Å²) in [4.78, 5) is 4.47. The van der Waals surface area contributed by atoms with Crippen molar-refractivity contribution in [1.29, 1.82) is 0 Å². The molecular weight excluding hydrogens is 294 g/mol. The first-order valence-corrected chi connectivity index (χ1v) is 8.07. The zero-order valence-corrected chi connectivity index (χ0v) is 12.5. The summed E-state index contributed by atoms with van der Waals surface area (Å²) >= 11 is 5.85. The van der Waals surface area contributed by atoms with Crippen molar-refractivity contribution in [2.24, 2.45) is 11.3 Å². The van der Waals surface area contributed by atoms with Crippen LogP contribution in [0.15, 0.2) is 12.1 Å². The van der Waals surface area contributed by atoms with E-state index >= 15 is 0 Å². The van der Waals surface area contributed by atoms with Gasteiger partial charge in [0.2, 0.25) is 0 Å². The molecule has 4 rings (SSSR count). The summed E-state index contributed by atoms with van der Waals surface area (Å²) in [6.45, 7) is 0.751. The average molecular weight is 311 g/mol. The fourth-order valence-corrected chi connectivity index (χ4v) is 3.69. The molecule has 0 aliphatic heterocycles. The lowest BCUT2D eigenvalue weighted by atomic mass is 10.0. The van der Waals surface area contributed by atoms with E-state index in [1.807, 2.05) is 4.57 Å². The number of benzene rings is 1. The van der Waals surface area contributed by atoms with E-state index in [9.17, 15) is 8.78 Å². The third-order valence-corrected chi connectivity index (χ3v) is 5.19. The Hall–Kier alpha value is -1.16. The Morgan fingerprint density at radius 1 is 1.29 bits per heavy atom. The van der Waals surface area contributed by atoms with Gasteiger partial charge in [-0.2, -0.15) is 0 Å². The summed E-state index contributed by atoms with van der Waals surface area (Å²) in [7, 11) is 0. The first kappa shape index (κ1) is 13.5. The van der Waals surface area contributed by atoms with Gasteiger partial charge in [-0.25, -0.2) is 13.8 Å². The molecule has 0 spiro atoms. The molecule has 0 amide bonds. The molecule has 0 N–H and O–H groups in total. The molecule has 0 radical (unpaired) electrons. The van der Waals surface area contributed by atoms with Crippen molar-refractivity contribution < 1.29 is 8.78 Å². The summed E-state index contributed by atoms with van der Waals surface area (Å²) in [6, 6.07) is 2.70. The van der Waals surface area contributed by atoms with E-state index in [1.54, 1.807) is 6.07 Å². The maximum atomic E-state index is 14.3. The van der Waals surface area contributed by atoms with E-state index in [0.717, 1.165) is 24.4 Å². The number of alkyl halides is 1. The van der Waals surface area contributed by atoms with E-state index in [2.05, 4.69) is 4.98 Å². The summed E-state index contributed by atoms with van der Waals surface area (Å²) in [5.74, 6) is 0.376. The SMILES string of the molecule is Fc1ccc2nc(CCCl)n(CC3(C4CC4)CC3)c2c1F. The van der Waals surface area contributed by atoms with Crippen molar-refractivity contribution >= 4 is 22.6 Å². The monoisotopic (exact) mass is 310 g/mol. The van der Waals surface area contributed by atoms with Crippen LogP contribution in [0.1, 0.15) is 31.5 Å². The van der Waals surface area contributed by atoms with Gasteiger partial charge in [-0.05, 0) is 49.1 Å². The maximum absolute atomic E-state index is 14.3. The van der Waals surface area contributed by atoms with E-state index < -0.39 is 11.6 Å². The molecule has 2 saturated carbocycles. The predicted molar refractivity (Wildman–Crippen MR) is 78.5 cm³/mol. The minimum Gasteiger partial charge on any atom is -0.325 e. The second-order valence-corrected chi connectivity index (χ2v) is 6.80. The van der Waals surface area contributed by atoms with Crippen LogP contribution in [0, 0.1) is 23.0 Å². The van der Waals surface area contributed by atoms with E-state index in [4.69, 9.17) is 11.6 Å². The third-order valence-electron chi connectivity index (χ3n) is 5.01. The number of imidazole rings is 1. The number of aromatic nitrogens is 2. The highest BCUT2D eigenvalue weighted by molar-refractivity contribution is 6.17. The largest absolute Gasteiger partial charge is 0.325 e. The topological polar surface area (TPSA) is 17.8 Å². The fraction of sp³-hybridized carbons (Fsp3) is 0.562. The number of rotatable bonds is 5. The first-order chi connectivity index (χ1) is 10.1. The Bertz CT molecular complexity index is 702. The Morgan fingerprint density at radius 2 is 2.05 bits per heavy atom. The average Bonchev–Trinajstić information content (AvgIpc) is 3.33. The van der Waals surface area contributed by atoms with Gasteiger partial charge in [0.15, 0.2) is 11.6 Å². The van der Waals surface area contributed by atoms with Crippen LogP contribution in [0.4, 0.5) is 8.78 Å². The van der Waals surface area contributed by atoms with Gasteiger partial charge in [0.25, 0.3) is 0 Å². The molecule has 1 heterocycles. The molecule has 2 fully saturated rings. The third kappa shape index (κ3) is 2.15. The molecule has 0 bridgehead atoms. The standard InChI is InChI=1S/C16H17ClF2N2/c17-8-5-13-20-12-4-3-11(18)14(19)15(12)21(13)9-16(6-7-16)10-1-2-10/h3-4,10H,1-2,5-9H2. The molecule has 0 unspecified atom stereocenters. The second-order valence-electron chi connectivity index (χ2n) is 6.42. The minimum absolute atomic E-state index is 0.299. The number of halogens is 3. The summed E-state index contributed by atoms with van der Waals surface area (Å²) in [6.07, 6.45) is 5.50. The molecule has 1 aromatic heterocycles. The maximum Gasteiger partial charge on any atom is 0.184 e. The van der Waals surface area contributed by atoms with Gasteiger partial charge in [-0.1, -0.05) is 0 Å². The highest BCUT2D eigenvalue weighted by atomic mass is 35.5. The lowest BCUT2D eigenvalue weighted by Crippen LogP contribution is -2.17.